The van der Waals surface area contributed by atoms with Crippen LogP contribution >= 0.6 is 0 Å². The number of likely N-dealkylation sites (tertiary alicyclic amines) is 1. The van der Waals surface area contributed by atoms with Crippen molar-refractivity contribution in [2.45, 2.75) is 38.8 Å². The SMILES string of the molecule is CC1CCN(C(=O)CC2COCCN2)C1C. The summed E-state index contributed by atoms with van der Waals surface area (Å²) in [6.07, 6.45) is 1.72. The minimum atomic E-state index is 0.212. The fourth-order valence-corrected chi connectivity index (χ4v) is 2.53. The van der Waals surface area contributed by atoms with E-state index in [1.54, 1.807) is 0 Å². The van der Waals surface area contributed by atoms with Gasteiger partial charge in [-0.1, -0.05) is 6.92 Å². The van der Waals surface area contributed by atoms with Gasteiger partial charge in [0.05, 0.1) is 13.2 Å². The number of nitrogens with zero attached hydrogens (tertiary/aromatic N) is 1. The van der Waals surface area contributed by atoms with E-state index in [1.165, 1.54) is 0 Å². The molecule has 0 aliphatic carbocycles. The second-order valence-corrected chi connectivity index (χ2v) is 5.02. The molecular formula is C12H22N2O2. The van der Waals surface area contributed by atoms with Crippen LogP contribution in [0.3, 0.4) is 0 Å². The summed E-state index contributed by atoms with van der Waals surface area (Å²) in [4.78, 5) is 14.1. The number of hydrogen-bond acceptors (Lipinski definition) is 3. The normalized spacial score (nSPS) is 35.4. The van der Waals surface area contributed by atoms with Crippen molar-refractivity contribution in [3.05, 3.63) is 0 Å². The molecule has 92 valence electrons. The van der Waals surface area contributed by atoms with Gasteiger partial charge in [0, 0.05) is 31.6 Å². The van der Waals surface area contributed by atoms with E-state index in [0.717, 1.165) is 26.1 Å². The molecule has 2 aliphatic heterocycles. The molecule has 1 amide bonds. The Kier molecular flexibility index (Phi) is 3.82. The zero-order chi connectivity index (χ0) is 11.5. The molecule has 2 heterocycles. The average Bonchev–Trinajstić information content (AvgIpc) is 2.61. The van der Waals surface area contributed by atoms with Gasteiger partial charge < -0.3 is 15.0 Å². The summed E-state index contributed by atoms with van der Waals surface area (Å²) < 4.78 is 5.36. The van der Waals surface area contributed by atoms with Crippen LogP contribution in [-0.2, 0) is 9.53 Å². The Morgan fingerprint density at radius 2 is 2.31 bits per heavy atom. The molecular weight excluding hydrogens is 204 g/mol. The highest BCUT2D eigenvalue weighted by atomic mass is 16.5. The second kappa shape index (κ2) is 5.15. The quantitative estimate of drug-likeness (QED) is 0.750. The van der Waals surface area contributed by atoms with Crippen molar-refractivity contribution in [3.8, 4) is 0 Å². The Morgan fingerprint density at radius 1 is 1.50 bits per heavy atom. The fraction of sp³-hybridized carbons (Fsp3) is 0.917. The summed E-state index contributed by atoms with van der Waals surface area (Å²) in [7, 11) is 0. The van der Waals surface area contributed by atoms with Crippen molar-refractivity contribution < 1.29 is 9.53 Å². The number of amides is 1. The Bertz CT molecular complexity index is 251. The second-order valence-electron chi connectivity index (χ2n) is 5.02. The van der Waals surface area contributed by atoms with Crippen LogP contribution in [0.2, 0.25) is 0 Å². The molecule has 1 N–H and O–H groups in total. The number of nitrogens with one attached hydrogen (secondary N) is 1. The lowest BCUT2D eigenvalue weighted by Crippen LogP contribution is -2.46. The van der Waals surface area contributed by atoms with Gasteiger partial charge >= 0.3 is 0 Å². The Hall–Kier alpha value is -0.610. The molecule has 2 aliphatic rings. The minimum absolute atomic E-state index is 0.212. The van der Waals surface area contributed by atoms with Crippen molar-refractivity contribution in [1.29, 1.82) is 0 Å². The third kappa shape index (κ3) is 2.55. The van der Waals surface area contributed by atoms with Crippen LogP contribution < -0.4 is 5.32 Å². The fourth-order valence-electron chi connectivity index (χ4n) is 2.53. The molecule has 3 atom stereocenters. The number of hydrogen-bond donors (Lipinski definition) is 1. The van der Waals surface area contributed by atoms with Crippen molar-refractivity contribution in [2.75, 3.05) is 26.3 Å². The zero-order valence-corrected chi connectivity index (χ0v) is 10.2. The number of rotatable bonds is 2. The van der Waals surface area contributed by atoms with Gasteiger partial charge in [0.25, 0.3) is 0 Å². The molecule has 0 bridgehead atoms. The third-order valence-corrected chi connectivity index (χ3v) is 3.88. The zero-order valence-electron chi connectivity index (χ0n) is 10.2. The van der Waals surface area contributed by atoms with Crippen molar-refractivity contribution in [1.82, 2.24) is 10.2 Å². The van der Waals surface area contributed by atoms with E-state index in [2.05, 4.69) is 19.2 Å². The predicted molar refractivity (Wildman–Crippen MR) is 62.2 cm³/mol. The molecule has 0 radical (unpaired) electrons. The lowest BCUT2D eigenvalue weighted by molar-refractivity contribution is -0.133. The maximum atomic E-state index is 12.1. The Labute approximate surface area is 97.3 Å². The number of morpholine rings is 1. The van der Waals surface area contributed by atoms with E-state index in [9.17, 15) is 4.79 Å². The third-order valence-electron chi connectivity index (χ3n) is 3.88. The van der Waals surface area contributed by atoms with Crippen LogP contribution in [0.15, 0.2) is 0 Å². The van der Waals surface area contributed by atoms with E-state index >= 15 is 0 Å². The van der Waals surface area contributed by atoms with Gasteiger partial charge in [-0.05, 0) is 19.3 Å². The van der Waals surface area contributed by atoms with Crippen LogP contribution in [0, 0.1) is 5.92 Å². The number of carbonyl (C=O) groups is 1. The molecule has 0 spiro atoms. The summed E-state index contributed by atoms with van der Waals surface area (Å²) in [6, 6.07) is 0.612. The Morgan fingerprint density at radius 3 is 2.88 bits per heavy atom. The molecule has 2 rings (SSSR count). The van der Waals surface area contributed by atoms with Crippen LogP contribution in [-0.4, -0.2) is 49.2 Å². The first-order valence-corrected chi connectivity index (χ1v) is 6.29. The van der Waals surface area contributed by atoms with Crippen LogP contribution in [0.5, 0.6) is 0 Å². The molecule has 0 saturated carbocycles. The molecule has 3 unspecified atom stereocenters. The highest BCUT2D eigenvalue weighted by Crippen LogP contribution is 2.24. The first-order valence-electron chi connectivity index (χ1n) is 6.29. The number of ether oxygens (including phenoxy) is 1. The number of carbonyl (C=O) groups excluding carboxylic acids is 1. The molecule has 16 heavy (non-hydrogen) atoms. The lowest BCUT2D eigenvalue weighted by atomic mass is 10.0. The largest absolute Gasteiger partial charge is 0.378 e. The molecule has 2 saturated heterocycles. The molecule has 4 nitrogen and oxygen atoms in total. The van der Waals surface area contributed by atoms with E-state index in [-0.39, 0.29) is 11.9 Å². The summed E-state index contributed by atoms with van der Waals surface area (Å²) in [6.45, 7) is 7.60. The summed E-state index contributed by atoms with van der Waals surface area (Å²) in [5, 5.41) is 3.33. The van der Waals surface area contributed by atoms with Gasteiger partial charge in [-0.15, -0.1) is 0 Å². The van der Waals surface area contributed by atoms with E-state index in [0.29, 0.717) is 25.0 Å². The van der Waals surface area contributed by atoms with E-state index in [1.807, 2.05) is 4.90 Å². The molecule has 4 heteroatoms. The monoisotopic (exact) mass is 226 g/mol. The lowest BCUT2D eigenvalue weighted by Gasteiger charge is -2.28. The van der Waals surface area contributed by atoms with Gasteiger partial charge in [-0.3, -0.25) is 4.79 Å². The molecule has 0 aromatic carbocycles. The van der Waals surface area contributed by atoms with E-state index in [4.69, 9.17) is 4.74 Å². The minimum Gasteiger partial charge on any atom is -0.378 e. The van der Waals surface area contributed by atoms with Gasteiger partial charge in [0.2, 0.25) is 5.91 Å². The van der Waals surface area contributed by atoms with Crippen molar-refractivity contribution in [2.24, 2.45) is 5.92 Å². The highest BCUT2D eigenvalue weighted by molar-refractivity contribution is 5.77. The molecule has 0 aromatic rings. The maximum absolute atomic E-state index is 12.1. The first-order chi connectivity index (χ1) is 7.68. The predicted octanol–water partition coefficient (Wildman–Crippen LogP) is 0.622. The Balaban J connectivity index is 1.83. The summed E-state index contributed by atoms with van der Waals surface area (Å²) >= 11 is 0. The van der Waals surface area contributed by atoms with Crippen molar-refractivity contribution in [3.63, 3.8) is 0 Å². The van der Waals surface area contributed by atoms with Gasteiger partial charge in [-0.2, -0.15) is 0 Å². The maximum Gasteiger partial charge on any atom is 0.224 e. The highest BCUT2D eigenvalue weighted by Gasteiger charge is 2.31. The van der Waals surface area contributed by atoms with Crippen LogP contribution in [0.25, 0.3) is 0 Å². The van der Waals surface area contributed by atoms with Gasteiger partial charge in [0.15, 0.2) is 0 Å². The van der Waals surface area contributed by atoms with Gasteiger partial charge in [-0.25, -0.2) is 0 Å². The van der Waals surface area contributed by atoms with Crippen LogP contribution in [0.1, 0.15) is 26.7 Å². The summed E-state index contributed by atoms with van der Waals surface area (Å²) in [5.74, 6) is 0.916. The topological polar surface area (TPSA) is 41.6 Å². The summed E-state index contributed by atoms with van der Waals surface area (Å²) in [5.41, 5.74) is 0. The van der Waals surface area contributed by atoms with Gasteiger partial charge in [0.1, 0.15) is 0 Å². The smallest absolute Gasteiger partial charge is 0.224 e. The molecule has 0 aromatic heterocycles. The standard InChI is InChI=1S/C12H22N2O2/c1-9-3-5-14(10(9)2)12(15)7-11-8-16-6-4-13-11/h9-11,13H,3-8H2,1-2H3. The van der Waals surface area contributed by atoms with Crippen molar-refractivity contribution >= 4 is 5.91 Å². The van der Waals surface area contributed by atoms with Crippen LogP contribution in [0.4, 0.5) is 0 Å². The first kappa shape index (κ1) is 11.9. The average molecular weight is 226 g/mol. The molecule has 2 fully saturated rings. The van der Waals surface area contributed by atoms with E-state index < -0.39 is 0 Å².